The summed E-state index contributed by atoms with van der Waals surface area (Å²) >= 11 is 1.28. The Morgan fingerprint density at radius 3 is 2.35 bits per heavy atom. The number of benzene rings is 1. The first-order valence-corrected chi connectivity index (χ1v) is 7.41. The second-order valence-electron chi connectivity index (χ2n) is 5.03. The molecule has 122 valence electrons. The third kappa shape index (κ3) is 3.53. The molecule has 1 unspecified atom stereocenters. The summed E-state index contributed by atoms with van der Waals surface area (Å²) < 4.78 is 38.5. The molecule has 4 nitrogen and oxygen atoms in total. The molecule has 2 aromatic rings. The van der Waals surface area contributed by atoms with Crippen molar-refractivity contribution < 1.29 is 22.8 Å². The summed E-state index contributed by atoms with van der Waals surface area (Å²) in [4.78, 5) is 24.0. The maximum atomic E-state index is 12.8. The van der Waals surface area contributed by atoms with Crippen molar-refractivity contribution in [2.24, 2.45) is 5.73 Å². The van der Waals surface area contributed by atoms with Gasteiger partial charge in [0.15, 0.2) is 0 Å². The third-order valence-electron chi connectivity index (χ3n) is 3.41. The number of nitrogens with one attached hydrogen (secondary N) is 1. The minimum Gasteiger partial charge on any atom is -0.367 e. The average molecular weight is 342 g/mol. The number of carbonyl (C=O) groups is 2. The number of hydrogen-bond donors (Lipinski definition) is 2. The third-order valence-corrected chi connectivity index (χ3v) is 4.09. The molecule has 1 aromatic carbocycles. The zero-order valence-corrected chi connectivity index (χ0v) is 12.8. The standard InChI is InChI=1S/C15H13F3N2O2S/c1-14(13(19)22,20-12(21)9-5-6-23-8-9)10-3-2-4-11(7-10)15(16,17)18/h2-8H,1H3,(H2,19,22)(H,20,21). The van der Waals surface area contributed by atoms with Gasteiger partial charge in [0.05, 0.1) is 11.1 Å². The molecule has 0 aliphatic carbocycles. The lowest BCUT2D eigenvalue weighted by Crippen LogP contribution is -2.52. The van der Waals surface area contributed by atoms with Crippen molar-refractivity contribution >= 4 is 23.2 Å². The fraction of sp³-hybridized carbons (Fsp3) is 0.200. The molecule has 0 aliphatic rings. The summed E-state index contributed by atoms with van der Waals surface area (Å²) in [6, 6.07) is 5.70. The molecule has 0 aliphatic heterocycles. The molecule has 0 fully saturated rings. The molecular weight excluding hydrogens is 329 g/mol. The number of alkyl halides is 3. The zero-order valence-electron chi connectivity index (χ0n) is 12.0. The second-order valence-corrected chi connectivity index (χ2v) is 5.81. The molecule has 2 amide bonds. The minimum atomic E-state index is -4.56. The molecule has 1 atom stereocenters. The first-order valence-electron chi connectivity index (χ1n) is 6.47. The van der Waals surface area contributed by atoms with E-state index in [1.807, 2.05) is 0 Å². The molecule has 0 spiro atoms. The van der Waals surface area contributed by atoms with E-state index in [4.69, 9.17) is 5.73 Å². The summed E-state index contributed by atoms with van der Waals surface area (Å²) in [6.45, 7) is 1.27. The van der Waals surface area contributed by atoms with Crippen LogP contribution in [0.3, 0.4) is 0 Å². The van der Waals surface area contributed by atoms with Crippen molar-refractivity contribution in [1.82, 2.24) is 5.32 Å². The Labute approximate surface area is 134 Å². The minimum absolute atomic E-state index is 0.0385. The summed E-state index contributed by atoms with van der Waals surface area (Å²) in [6.07, 6.45) is -4.56. The van der Waals surface area contributed by atoms with Crippen LogP contribution in [-0.2, 0) is 16.5 Å². The topological polar surface area (TPSA) is 72.2 Å². The Morgan fingerprint density at radius 1 is 1.17 bits per heavy atom. The highest BCUT2D eigenvalue weighted by Crippen LogP contribution is 2.32. The molecule has 2 rings (SSSR count). The van der Waals surface area contributed by atoms with Crippen molar-refractivity contribution in [3.05, 3.63) is 57.8 Å². The highest BCUT2D eigenvalue weighted by molar-refractivity contribution is 7.08. The smallest absolute Gasteiger partial charge is 0.367 e. The van der Waals surface area contributed by atoms with Crippen LogP contribution in [0.1, 0.15) is 28.4 Å². The van der Waals surface area contributed by atoms with Gasteiger partial charge in [-0.3, -0.25) is 9.59 Å². The molecule has 0 radical (unpaired) electrons. The molecule has 8 heteroatoms. The summed E-state index contributed by atoms with van der Waals surface area (Å²) in [5, 5.41) is 5.64. The second kappa shape index (κ2) is 6.04. The molecule has 0 bridgehead atoms. The van der Waals surface area contributed by atoms with Gasteiger partial charge >= 0.3 is 6.18 Å². The number of thiophene rings is 1. The Morgan fingerprint density at radius 2 is 1.83 bits per heavy atom. The van der Waals surface area contributed by atoms with Gasteiger partial charge in [0.25, 0.3) is 5.91 Å². The molecule has 0 saturated heterocycles. The Kier molecular flexibility index (Phi) is 4.46. The summed E-state index contributed by atoms with van der Waals surface area (Å²) in [5.74, 6) is -1.55. The van der Waals surface area contributed by atoms with Gasteiger partial charge in [-0.05, 0) is 36.1 Å². The lowest BCUT2D eigenvalue weighted by molar-refractivity contribution is -0.137. The van der Waals surface area contributed by atoms with Crippen molar-refractivity contribution in [2.45, 2.75) is 18.6 Å². The Balaban J connectivity index is 2.41. The van der Waals surface area contributed by atoms with E-state index in [1.54, 1.807) is 10.8 Å². The Bertz CT molecular complexity index is 729. The van der Waals surface area contributed by atoms with Crippen LogP contribution in [0, 0.1) is 0 Å². The van der Waals surface area contributed by atoms with Gasteiger partial charge in [0.2, 0.25) is 5.91 Å². The largest absolute Gasteiger partial charge is 0.416 e. The van der Waals surface area contributed by atoms with Crippen LogP contribution in [0.2, 0.25) is 0 Å². The van der Waals surface area contributed by atoms with E-state index >= 15 is 0 Å². The zero-order chi connectivity index (χ0) is 17.3. The van der Waals surface area contributed by atoms with Crippen LogP contribution in [0.5, 0.6) is 0 Å². The quantitative estimate of drug-likeness (QED) is 0.897. The van der Waals surface area contributed by atoms with Gasteiger partial charge in [-0.15, -0.1) is 0 Å². The summed E-state index contributed by atoms with van der Waals surface area (Å²) in [7, 11) is 0. The van der Waals surface area contributed by atoms with Gasteiger partial charge in [-0.2, -0.15) is 24.5 Å². The van der Waals surface area contributed by atoms with Crippen molar-refractivity contribution in [3.63, 3.8) is 0 Å². The maximum Gasteiger partial charge on any atom is 0.416 e. The predicted molar refractivity (Wildman–Crippen MR) is 79.8 cm³/mol. The van der Waals surface area contributed by atoms with E-state index in [0.29, 0.717) is 5.56 Å². The van der Waals surface area contributed by atoms with Crippen LogP contribution < -0.4 is 11.1 Å². The van der Waals surface area contributed by atoms with Crippen molar-refractivity contribution in [3.8, 4) is 0 Å². The van der Waals surface area contributed by atoms with Gasteiger partial charge in [-0.25, -0.2) is 0 Å². The molecule has 1 aromatic heterocycles. The van der Waals surface area contributed by atoms with Gasteiger partial charge in [0, 0.05) is 5.38 Å². The van der Waals surface area contributed by atoms with Crippen LogP contribution in [0.15, 0.2) is 41.1 Å². The number of amides is 2. The monoisotopic (exact) mass is 342 g/mol. The predicted octanol–water partition coefficient (Wildman–Crippen LogP) is 2.90. The molecular formula is C15H13F3N2O2S. The summed E-state index contributed by atoms with van der Waals surface area (Å²) in [5.41, 5.74) is 2.91. The van der Waals surface area contributed by atoms with Gasteiger partial charge < -0.3 is 11.1 Å². The van der Waals surface area contributed by atoms with E-state index in [0.717, 1.165) is 18.2 Å². The van der Waals surface area contributed by atoms with Gasteiger partial charge in [-0.1, -0.05) is 12.1 Å². The molecule has 23 heavy (non-hydrogen) atoms. The highest BCUT2D eigenvalue weighted by atomic mass is 32.1. The van der Waals surface area contributed by atoms with Crippen LogP contribution in [-0.4, -0.2) is 11.8 Å². The maximum absolute atomic E-state index is 12.8. The van der Waals surface area contributed by atoms with Crippen LogP contribution in [0.25, 0.3) is 0 Å². The lowest BCUT2D eigenvalue weighted by atomic mass is 9.89. The first kappa shape index (κ1) is 17.0. The van der Waals surface area contributed by atoms with E-state index in [9.17, 15) is 22.8 Å². The molecule has 3 N–H and O–H groups in total. The van der Waals surface area contributed by atoms with E-state index in [2.05, 4.69) is 5.32 Å². The van der Waals surface area contributed by atoms with Crippen LogP contribution >= 0.6 is 11.3 Å². The van der Waals surface area contributed by atoms with Gasteiger partial charge in [0.1, 0.15) is 5.54 Å². The van der Waals surface area contributed by atoms with E-state index in [-0.39, 0.29) is 5.56 Å². The Hall–Kier alpha value is -2.35. The first-order chi connectivity index (χ1) is 10.6. The lowest BCUT2D eigenvalue weighted by Gasteiger charge is -2.28. The number of carbonyl (C=O) groups excluding carboxylic acids is 2. The fourth-order valence-corrected chi connectivity index (χ4v) is 2.61. The number of nitrogens with two attached hydrogens (primary N) is 1. The van der Waals surface area contributed by atoms with Crippen LogP contribution in [0.4, 0.5) is 13.2 Å². The normalized spacial score (nSPS) is 14.1. The van der Waals surface area contributed by atoms with E-state index in [1.165, 1.54) is 30.4 Å². The number of primary amides is 1. The van der Waals surface area contributed by atoms with E-state index < -0.39 is 29.1 Å². The van der Waals surface area contributed by atoms with Crippen molar-refractivity contribution in [2.75, 3.05) is 0 Å². The number of rotatable bonds is 4. The number of halogens is 3. The SMILES string of the molecule is CC(NC(=O)c1ccsc1)(C(N)=O)c1cccc(C(F)(F)F)c1. The van der Waals surface area contributed by atoms with Crippen molar-refractivity contribution in [1.29, 1.82) is 0 Å². The molecule has 1 heterocycles. The fourth-order valence-electron chi connectivity index (χ4n) is 1.98. The average Bonchev–Trinajstić information content (AvgIpc) is 3.00. The highest BCUT2D eigenvalue weighted by Gasteiger charge is 2.38. The number of hydrogen-bond acceptors (Lipinski definition) is 3. The molecule has 0 saturated carbocycles.